The van der Waals surface area contributed by atoms with E-state index in [4.69, 9.17) is 0 Å². The van der Waals surface area contributed by atoms with E-state index in [0.717, 1.165) is 17.5 Å². The summed E-state index contributed by atoms with van der Waals surface area (Å²) >= 11 is 0. The third-order valence-electron chi connectivity index (χ3n) is 3.04. The maximum absolute atomic E-state index is 11.3. The van der Waals surface area contributed by atoms with E-state index in [0.29, 0.717) is 6.42 Å². The van der Waals surface area contributed by atoms with Crippen LogP contribution < -0.4 is 5.32 Å². The Hall–Kier alpha value is -1.06. The second kappa shape index (κ2) is 4.21. The Bertz CT molecular complexity index is 381. The number of rotatable bonds is 2. The molecule has 3 nitrogen and oxygen atoms in total. The normalized spacial score (nSPS) is 23.0. The number of likely N-dealkylation sites (N-methyl/N-ethyl adjacent to an activating group) is 1. The highest BCUT2D eigenvalue weighted by atomic mass is 35.5. The zero-order valence-electron chi connectivity index (χ0n) is 8.49. The summed E-state index contributed by atoms with van der Waals surface area (Å²) in [6, 6.07) is 7.73. The van der Waals surface area contributed by atoms with Crippen LogP contribution in [0.15, 0.2) is 24.3 Å². The molecule has 0 aliphatic heterocycles. The number of hydrogen-bond donors (Lipinski definition) is 2. The van der Waals surface area contributed by atoms with Gasteiger partial charge in [-0.15, -0.1) is 12.4 Å². The Balaban J connectivity index is 0.00000112. The van der Waals surface area contributed by atoms with Crippen LogP contribution in [0.3, 0.4) is 0 Å². The van der Waals surface area contributed by atoms with Gasteiger partial charge in [0.25, 0.3) is 0 Å². The number of benzene rings is 1. The predicted octanol–water partition coefficient (Wildman–Crippen LogP) is 1.55. The molecule has 1 unspecified atom stereocenters. The van der Waals surface area contributed by atoms with E-state index >= 15 is 0 Å². The van der Waals surface area contributed by atoms with Crippen LogP contribution in [-0.4, -0.2) is 18.1 Å². The lowest BCUT2D eigenvalue weighted by Gasteiger charge is -2.24. The number of aliphatic carboxylic acids is 1. The van der Waals surface area contributed by atoms with Gasteiger partial charge in [-0.2, -0.15) is 0 Å². The second-order valence-corrected chi connectivity index (χ2v) is 3.62. The van der Waals surface area contributed by atoms with Crippen LogP contribution in [0.5, 0.6) is 0 Å². The fourth-order valence-electron chi connectivity index (χ4n) is 2.20. The number of nitrogens with one attached hydrogen (secondary N) is 1. The second-order valence-electron chi connectivity index (χ2n) is 3.62. The number of carboxylic acid groups (broad SMARTS) is 1. The fourth-order valence-corrected chi connectivity index (χ4v) is 2.20. The van der Waals surface area contributed by atoms with Crippen molar-refractivity contribution in [3.05, 3.63) is 35.4 Å². The third-order valence-corrected chi connectivity index (χ3v) is 3.04. The number of carbonyl (C=O) groups is 1. The Morgan fingerprint density at radius 2 is 2.13 bits per heavy atom. The molecule has 1 aromatic rings. The fraction of sp³-hybridized carbons (Fsp3) is 0.364. The lowest BCUT2D eigenvalue weighted by molar-refractivity contribution is -0.145. The summed E-state index contributed by atoms with van der Waals surface area (Å²) in [5.74, 6) is -0.787. The van der Waals surface area contributed by atoms with Gasteiger partial charge in [0.05, 0.1) is 0 Å². The summed E-state index contributed by atoms with van der Waals surface area (Å²) in [5, 5.41) is 12.2. The number of halogens is 1. The Kier molecular flexibility index (Phi) is 3.37. The lowest BCUT2D eigenvalue weighted by Crippen LogP contribution is -2.45. The van der Waals surface area contributed by atoms with Crippen LogP contribution in [0, 0.1) is 0 Å². The molecule has 4 heteroatoms. The van der Waals surface area contributed by atoms with Gasteiger partial charge >= 0.3 is 5.97 Å². The molecule has 1 aromatic carbocycles. The molecule has 82 valence electrons. The van der Waals surface area contributed by atoms with E-state index in [-0.39, 0.29) is 12.4 Å². The minimum absolute atomic E-state index is 0. The highest BCUT2D eigenvalue weighted by molar-refractivity contribution is 5.85. The lowest BCUT2D eigenvalue weighted by atomic mass is 9.92. The molecule has 1 atom stereocenters. The first-order chi connectivity index (χ1) is 6.70. The van der Waals surface area contributed by atoms with Crippen molar-refractivity contribution in [3.63, 3.8) is 0 Å². The van der Waals surface area contributed by atoms with Crippen molar-refractivity contribution in [1.82, 2.24) is 5.32 Å². The highest BCUT2D eigenvalue weighted by Crippen LogP contribution is 2.36. The molecule has 0 heterocycles. The van der Waals surface area contributed by atoms with Crippen molar-refractivity contribution >= 4 is 18.4 Å². The number of hydrogen-bond acceptors (Lipinski definition) is 2. The van der Waals surface area contributed by atoms with Gasteiger partial charge in [-0.05, 0) is 31.0 Å². The van der Waals surface area contributed by atoms with Crippen molar-refractivity contribution in [3.8, 4) is 0 Å². The SMILES string of the molecule is CNC1(C(=O)O)CCc2ccccc21.Cl. The molecule has 0 spiro atoms. The Labute approximate surface area is 94.9 Å². The molecule has 0 fully saturated rings. The summed E-state index contributed by atoms with van der Waals surface area (Å²) in [4.78, 5) is 11.3. The molecule has 0 saturated heterocycles. The standard InChI is InChI=1S/C11H13NO2.ClH/c1-12-11(10(13)14)7-6-8-4-2-3-5-9(8)11;/h2-5,12H,6-7H2,1H3,(H,13,14);1H. The largest absolute Gasteiger partial charge is 0.480 e. The first-order valence-electron chi connectivity index (χ1n) is 4.71. The van der Waals surface area contributed by atoms with Gasteiger partial charge in [0.15, 0.2) is 0 Å². The van der Waals surface area contributed by atoms with E-state index in [1.54, 1.807) is 7.05 Å². The van der Waals surface area contributed by atoms with E-state index in [2.05, 4.69) is 5.32 Å². The summed E-state index contributed by atoms with van der Waals surface area (Å²) in [5.41, 5.74) is 1.19. The van der Waals surface area contributed by atoms with E-state index in [1.807, 2.05) is 24.3 Å². The van der Waals surface area contributed by atoms with Gasteiger partial charge in [-0.25, -0.2) is 4.79 Å². The van der Waals surface area contributed by atoms with E-state index < -0.39 is 11.5 Å². The molecular weight excluding hydrogens is 214 g/mol. The van der Waals surface area contributed by atoms with E-state index in [1.165, 1.54) is 0 Å². The molecule has 2 N–H and O–H groups in total. The highest BCUT2D eigenvalue weighted by Gasteiger charge is 2.43. The quantitative estimate of drug-likeness (QED) is 0.806. The predicted molar refractivity (Wildman–Crippen MR) is 60.4 cm³/mol. The molecule has 1 aliphatic carbocycles. The van der Waals surface area contributed by atoms with Crippen LogP contribution in [-0.2, 0) is 16.8 Å². The average Bonchev–Trinajstić information content (AvgIpc) is 2.57. The van der Waals surface area contributed by atoms with Crippen molar-refractivity contribution in [2.75, 3.05) is 7.05 Å². The molecule has 0 radical (unpaired) electrons. The monoisotopic (exact) mass is 227 g/mol. The van der Waals surface area contributed by atoms with Crippen molar-refractivity contribution in [1.29, 1.82) is 0 Å². The molecule has 0 bridgehead atoms. The van der Waals surface area contributed by atoms with E-state index in [9.17, 15) is 9.90 Å². The smallest absolute Gasteiger partial charge is 0.328 e. The van der Waals surface area contributed by atoms with Gasteiger partial charge in [-0.3, -0.25) is 0 Å². The molecule has 15 heavy (non-hydrogen) atoms. The topological polar surface area (TPSA) is 49.3 Å². The maximum Gasteiger partial charge on any atom is 0.328 e. The Morgan fingerprint density at radius 1 is 1.47 bits per heavy atom. The molecule has 0 saturated carbocycles. The molecule has 2 rings (SSSR count). The molecule has 0 aromatic heterocycles. The number of carboxylic acids is 1. The van der Waals surface area contributed by atoms with Gasteiger partial charge in [0.2, 0.25) is 0 Å². The maximum atomic E-state index is 11.3. The van der Waals surface area contributed by atoms with Gasteiger partial charge in [0, 0.05) is 0 Å². The first kappa shape index (κ1) is 12.0. The average molecular weight is 228 g/mol. The van der Waals surface area contributed by atoms with Crippen molar-refractivity contribution < 1.29 is 9.90 Å². The van der Waals surface area contributed by atoms with Gasteiger partial charge in [0.1, 0.15) is 5.54 Å². The minimum Gasteiger partial charge on any atom is -0.480 e. The summed E-state index contributed by atoms with van der Waals surface area (Å²) in [6.45, 7) is 0. The van der Waals surface area contributed by atoms with Crippen LogP contribution in [0.4, 0.5) is 0 Å². The molecule has 0 amide bonds. The first-order valence-corrected chi connectivity index (χ1v) is 4.71. The summed E-state index contributed by atoms with van der Waals surface area (Å²) in [6.07, 6.45) is 1.47. The van der Waals surface area contributed by atoms with Crippen LogP contribution >= 0.6 is 12.4 Å². The summed E-state index contributed by atoms with van der Waals surface area (Å²) < 4.78 is 0. The van der Waals surface area contributed by atoms with Gasteiger partial charge in [-0.1, -0.05) is 24.3 Å². The molecule has 1 aliphatic rings. The third kappa shape index (κ3) is 1.62. The minimum atomic E-state index is -0.864. The number of fused-ring (bicyclic) bond motifs is 1. The number of aryl methyl sites for hydroxylation is 1. The molecular formula is C11H14ClNO2. The summed E-state index contributed by atoms with van der Waals surface area (Å²) in [7, 11) is 1.70. The Morgan fingerprint density at radius 3 is 2.73 bits per heavy atom. The van der Waals surface area contributed by atoms with Crippen LogP contribution in [0.25, 0.3) is 0 Å². The van der Waals surface area contributed by atoms with Gasteiger partial charge < -0.3 is 10.4 Å². The van der Waals surface area contributed by atoms with Crippen LogP contribution in [0.2, 0.25) is 0 Å². The zero-order chi connectivity index (χ0) is 10.2. The van der Waals surface area contributed by atoms with Crippen LogP contribution in [0.1, 0.15) is 17.5 Å². The van der Waals surface area contributed by atoms with Crippen molar-refractivity contribution in [2.45, 2.75) is 18.4 Å². The van der Waals surface area contributed by atoms with Crippen molar-refractivity contribution in [2.24, 2.45) is 0 Å². The zero-order valence-corrected chi connectivity index (χ0v) is 9.30.